The molecule has 2 rings (SSSR count). The Morgan fingerprint density at radius 2 is 2.00 bits per heavy atom. The van der Waals surface area contributed by atoms with Gasteiger partial charge in [-0.1, -0.05) is 25.2 Å². The van der Waals surface area contributed by atoms with Crippen LogP contribution >= 0.6 is 11.3 Å². The van der Waals surface area contributed by atoms with Crippen LogP contribution in [0.5, 0.6) is 0 Å². The second-order valence-corrected chi connectivity index (χ2v) is 6.72. The number of amides is 1. The van der Waals surface area contributed by atoms with Gasteiger partial charge in [-0.05, 0) is 19.8 Å². The minimum absolute atomic E-state index is 0.00102. The summed E-state index contributed by atoms with van der Waals surface area (Å²) < 4.78 is 6.40. The van der Waals surface area contributed by atoms with Crippen LogP contribution < -0.4 is 10.5 Å². The van der Waals surface area contributed by atoms with Crippen molar-refractivity contribution in [1.82, 2.24) is 14.8 Å². The normalized spacial score (nSPS) is 11.1. The lowest BCUT2D eigenvalue weighted by Crippen LogP contribution is -2.28. The topological polar surface area (TPSA) is 94.4 Å². The van der Waals surface area contributed by atoms with Gasteiger partial charge in [-0.3, -0.25) is 19.3 Å². The molecule has 0 aliphatic carbocycles. The largest absolute Gasteiger partial charge is 0.465 e. The van der Waals surface area contributed by atoms with Gasteiger partial charge in [0.05, 0.1) is 12.3 Å². The standard InChI is InChI=1S/C16H22N4O4S/c1-6-19(10(5)21)16-17-13-12(9(3)4)18-20(8-11(22)24-7-2)15(23)14(13)25-16/h9H,6-8H2,1-5H3. The molecule has 0 aromatic carbocycles. The monoisotopic (exact) mass is 366 g/mol. The first-order chi connectivity index (χ1) is 11.8. The Bertz CT molecular complexity index is 856. The maximum absolute atomic E-state index is 12.7. The van der Waals surface area contributed by atoms with Crippen molar-refractivity contribution in [3.05, 3.63) is 16.0 Å². The molecule has 0 fully saturated rings. The van der Waals surface area contributed by atoms with Gasteiger partial charge in [0.25, 0.3) is 5.56 Å². The molecule has 0 spiro atoms. The van der Waals surface area contributed by atoms with E-state index < -0.39 is 11.5 Å². The Hall–Kier alpha value is -2.29. The zero-order valence-corrected chi connectivity index (χ0v) is 15.8. The van der Waals surface area contributed by atoms with Crippen LogP contribution in [0.25, 0.3) is 10.2 Å². The van der Waals surface area contributed by atoms with Crippen molar-refractivity contribution < 1.29 is 14.3 Å². The summed E-state index contributed by atoms with van der Waals surface area (Å²) in [6, 6.07) is 0. The minimum Gasteiger partial charge on any atom is -0.465 e. The molecule has 25 heavy (non-hydrogen) atoms. The fourth-order valence-electron chi connectivity index (χ4n) is 2.40. The highest BCUT2D eigenvalue weighted by atomic mass is 32.1. The van der Waals surface area contributed by atoms with E-state index in [1.54, 1.807) is 6.92 Å². The number of carbonyl (C=O) groups is 2. The van der Waals surface area contributed by atoms with Crippen molar-refractivity contribution >= 4 is 38.6 Å². The van der Waals surface area contributed by atoms with Crippen LogP contribution in [0, 0.1) is 0 Å². The summed E-state index contributed by atoms with van der Waals surface area (Å²) >= 11 is 1.14. The first kappa shape index (κ1) is 19.0. The number of hydrogen-bond donors (Lipinski definition) is 0. The molecule has 2 heterocycles. The molecule has 0 aliphatic rings. The second kappa shape index (κ2) is 7.73. The highest BCUT2D eigenvalue weighted by Crippen LogP contribution is 2.30. The van der Waals surface area contributed by atoms with Crippen LogP contribution in [0.4, 0.5) is 5.13 Å². The third kappa shape index (κ3) is 3.87. The van der Waals surface area contributed by atoms with Crippen molar-refractivity contribution in [3.63, 3.8) is 0 Å². The lowest BCUT2D eigenvalue weighted by atomic mass is 10.1. The SMILES string of the molecule is CCOC(=O)Cn1nc(C(C)C)c2nc(N(CC)C(C)=O)sc2c1=O. The average molecular weight is 366 g/mol. The van der Waals surface area contributed by atoms with Crippen molar-refractivity contribution in [3.8, 4) is 0 Å². The number of esters is 1. The fourth-order valence-corrected chi connectivity index (χ4v) is 3.53. The van der Waals surface area contributed by atoms with Gasteiger partial charge in [-0.15, -0.1) is 0 Å². The zero-order valence-electron chi connectivity index (χ0n) is 15.0. The number of hydrogen-bond acceptors (Lipinski definition) is 7. The van der Waals surface area contributed by atoms with Crippen molar-refractivity contribution in [1.29, 1.82) is 0 Å². The summed E-state index contributed by atoms with van der Waals surface area (Å²) in [6.07, 6.45) is 0. The van der Waals surface area contributed by atoms with E-state index >= 15 is 0 Å². The van der Waals surface area contributed by atoms with E-state index in [1.807, 2.05) is 20.8 Å². The molecule has 8 nitrogen and oxygen atoms in total. The predicted octanol–water partition coefficient (Wildman–Crippen LogP) is 1.91. The van der Waals surface area contributed by atoms with Gasteiger partial charge in [0.1, 0.15) is 16.8 Å². The number of thiazole rings is 1. The van der Waals surface area contributed by atoms with Crippen LogP contribution in [0.1, 0.15) is 46.2 Å². The molecule has 1 amide bonds. The van der Waals surface area contributed by atoms with Crippen molar-refractivity contribution in [2.24, 2.45) is 0 Å². The lowest BCUT2D eigenvalue weighted by molar-refractivity contribution is -0.144. The van der Waals surface area contributed by atoms with E-state index in [1.165, 1.54) is 11.8 Å². The van der Waals surface area contributed by atoms with Crippen LogP contribution in [0.2, 0.25) is 0 Å². The minimum atomic E-state index is -0.519. The van der Waals surface area contributed by atoms with Gasteiger partial charge in [0, 0.05) is 13.5 Å². The number of anilines is 1. The Morgan fingerprint density at radius 3 is 2.52 bits per heavy atom. The number of rotatable bonds is 6. The Morgan fingerprint density at radius 1 is 1.32 bits per heavy atom. The number of ether oxygens (including phenoxy) is 1. The molecule has 0 N–H and O–H groups in total. The molecular formula is C16H22N4O4S. The maximum atomic E-state index is 12.7. The number of nitrogens with zero attached hydrogens (tertiary/aromatic N) is 4. The van der Waals surface area contributed by atoms with E-state index in [4.69, 9.17) is 4.74 Å². The van der Waals surface area contributed by atoms with Crippen LogP contribution in [-0.4, -0.2) is 39.8 Å². The first-order valence-corrected chi connectivity index (χ1v) is 8.97. The first-order valence-electron chi connectivity index (χ1n) is 8.15. The smallest absolute Gasteiger partial charge is 0.327 e. The van der Waals surface area contributed by atoms with Gasteiger partial charge in [0.2, 0.25) is 5.91 Å². The summed E-state index contributed by atoms with van der Waals surface area (Å²) in [5.74, 6) is -0.666. The third-order valence-corrected chi connectivity index (χ3v) is 4.64. The molecule has 2 aromatic heterocycles. The number of carbonyl (C=O) groups excluding carboxylic acids is 2. The molecule has 2 aromatic rings. The zero-order chi connectivity index (χ0) is 18.7. The fraction of sp³-hybridized carbons (Fsp3) is 0.562. The summed E-state index contributed by atoms with van der Waals surface area (Å²) in [5.41, 5.74) is 0.691. The summed E-state index contributed by atoms with van der Waals surface area (Å²) in [6.45, 7) is 9.31. The van der Waals surface area contributed by atoms with E-state index in [0.29, 0.717) is 27.6 Å². The van der Waals surface area contributed by atoms with E-state index in [2.05, 4.69) is 10.1 Å². The molecule has 0 unspecified atom stereocenters. The van der Waals surface area contributed by atoms with E-state index in [-0.39, 0.29) is 25.0 Å². The van der Waals surface area contributed by atoms with Crippen LogP contribution in [-0.2, 0) is 20.9 Å². The molecule has 0 bridgehead atoms. The second-order valence-electron chi connectivity index (χ2n) is 5.75. The van der Waals surface area contributed by atoms with E-state index in [9.17, 15) is 14.4 Å². The highest BCUT2D eigenvalue weighted by Gasteiger charge is 2.22. The summed E-state index contributed by atoms with van der Waals surface area (Å²) in [4.78, 5) is 42.2. The predicted molar refractivity (Wildman–Crippen MR) is 96.1 cm³/mol. The Balaban J connectivity index is 2.64. The van der Waals surface area contributed by atoms with Crippen LogP contribution in [0.15, 0.2) is 4.79 Å². The molecular weight excluding hydrogens is 344 g/mol. The van der Waals surface area contributed by atoms with Gasteiger partial charge < -0.3 is 4.74 Å². The van der Waals surface area contributed by atoms with E-state index in [0.717, 1.165) is 16.0 Å². The molecule has 136 valence electrons. The van der Waals surface area contributed by atoms with Gasteiger partial charge in [-0.25, -0.2) is 9.67 Å². The van der Waals surface area contributed by atoms with Gasteiger partial charge >= 0.3 is 5.97 Å². The molecule has 0 aliphatic heterocycles. The molecule has 0 saturated heterocycles. The van der Waals surface area contributed by atoms with Crippen molar-refractivity contribution in [2.75, 3.05) is 18.1 Å². The number of aromatic nitrogens is 3. The summed E-state index contributed by atoms with van der Waals surface area (Å²) in [7, 11) is 0. The number of fused-ring (bicyclic) bond motifs is 1. The highest BCUT2D eigenvalue weighted by molar-refractivity contribution is 7.22. The quantitative estimate of drug-likeness (QED) is 0.725. The van der Waals surface area contributed by atoms with Crippen LogP contribution in [0.3, 0.4) is 0 Å². The molecule has 0 saturated carbocycles. The van der Waals surface area contributed by atoms with Crippen molar-refractivity contribution in [2.45, 2.75) is 47.1 Å². The van der Waals surface area contributed by atoms with Gasteiger partial charge in [-0.2, -0.15) is 5.10 Å². The maximum Gasteiger partial charge on any atom is 0.327 e. The molecule has 9 heteroatoms. The molecule has 0 radical (unpaired) electrons. The molecule has 0 atom stereocenters. The lowest BCUT2D eigenvalue weighted by Gasteiger charge is -2.14. The Labute approximate surface area is 149 Å². The Kier molecular flexibility index (Phi) is 5.89. The average Bonchev–Trinajstić information content (AvgIpc) is 2.95. The summed E-state index contributed by atoms with van der Waals surface area (Å²) in [5, 5.41) is 4.77. The van der Waals surface area contributed by atoms with Gasteiger partial charge in [0.15, 0.2) is 5.13 Å². The third-order valence-electron chi connectivity index (χ3n) is 3.57.